The third-order valence-electron chi connectivity index (χ3n) is 6.59. The number of aryl methyl sites for hydroxylation is 1. The molecule has 2 atom stereocenters. The van der Waals surface area contributed by atoms with Crippen molar-refractivity contribution in [2.45, 2.75) is 39.2 Å². The molecule has 2 aromatic rings. The summed E-state index contributed by atoms with van der Waals surface area (Å²) in [5.41, 5.74) is 2.27. The summed E-state index contributed by atoms with van der Waals surface area (Å²) in [6.07, 6.45) is 3.64. The van der Waals surface area contributed by atoms with Crippen LogP contribution in [0.25, 0.3) is 0 Å². The molecule has 0 saturated carbocycles. The van der Waals surface area contributed by atoms with Gasteiger partial charge in [-0.3, -0.25) is 4.90 Å². The van der Waals surface area contributed by atoms with E-state index in [9.17, 15) is 0 Å². The highest BCUT2D eigenvalue weighted by Crippen LogP contribution is 2.35. The molecule has 3 aliphatic heterocycles. The van der Waals surface area contributed by atoms with Gasteiger partial charge in [0.2, 0.25) is 5.89 Å². The van der Waals surface area contributed by atoms with E-state index in [1.165, 1.54) is 5.56 Å². The zero-order valence-corrected chi connectivity index (χ0v) is 16.7. The smallest absolute Gasteiger partial charge is 0.229 e. The maximum atomic E-state index is 5.54. The number of ether oxygens (including phenoxy) is 1. The minimum absolute atomic E-state index is 0.362. The van der Waals surface area contributed by atoms with E-state index in [-0.39, 0.29) is 0 Å². The Labute approximate surface area is 165 Å². The molecule has 0 aromatic carbocycles. The first kappa shape index (κ1) is 18.0. The van der Waals surface area contributed by atoms with Crippen LogP contribution in [0.2, 0.25) is 0 Å². The zero-order chi connectivity index (χ0) is 19.1. The first-order valence-electron chi connectivity index (χ1n) is 10.3. The van der Waals surface area contributed by atoms with Crippen LogP contribution in [0, 0.1) is 25.7 Å². The Bertz CT molecular complexity index is 820. The number of aromatic nitrogens is 4. The average Bonchev–Trinajstić information content (AvgIpc) is 3.40. The predicted octanol–water partition coefficient (Wildman–Crippen LogP) is 1.94. The van der Waals surface area contributed by atoms with E-state index in [4.69, 9.17) is 9.26 Å². The highest BCUT2D eigenvalue weighted by molar-refractivity contribution is 5.48. The fourth-order valence-corrected chi connectivity index (χ4v) is 4.88. The van der Waals surface area contributed by atoms with Gasteiger partial charge in [0.1, 0.15) is 12.1 Å². The van der Waals surface area contributed by atoms with Crippen molar-refractivity contribution in [1.29, 1.82) is 0 Å². The van der Waals surface area contributed by atoms with Crippen LogP contribution < -0.4 is 4.90 Å². The van der Waals surface area contributed by atoms with Crippen LogP contribution in [0.5, 0.6) is 0 Å². The van der Waals surface area contributed by atoms with Crippen molar-refractivity contribution in [2.75, 3.05) is 44.3 Å². The fourth-order valence-electron chi connectivity index (χ4n) is 4.88. The van der Waals surface area contributed by atoms with E-state index in [0.717, 1.165) is 82.0 Å². The Morgan fingerprint density at radius 3 is 2.54 bits per heavy atom. The van der Waals surface area contributed by atoms with Gasteiger partial charge in [-0.2, -0.15) is 4.98 Å². The lowest BCUT2D eigenvalue weighted by atomic mass is 10.0. The molecule has 0 spiro atoms. The van der Waals surface area contributed by atoms with Crippen LogP contribution >= 0.6 is 0 Å². The summed E-state index contributed by atoms with van der Waals surface area (Å²) >= 11 is 0. The lowest BCUT2D eigenvalue weighted by Gasteiger charge is -2.23. The van der Waals surface area contributed by atoms with Gasteiger partial charge in [-0.05, 0) is 38.5 Å². The summed E-state index contributed by atoms with van der Waals surface area (Å²) in [5.74, 6) is 4.43. The highest BCUT2D eigenvalue weighted by Gasteiger charge is 2.41. The van der Waals surface area contributed by atoms with Crippen molar-refractivity contribution < 1.29 is 9.26 Å². The second-order valence-corrected chi connectivity index (χ2v) is 8.46. The largest absolute Gasteiger partial charge is 0.381 e. The normalized spacial score (nSPS) is 26.1. The van der Waals surface area contributed by atoms with Gasteiger partial charge >= 0.3 is 0 Å². The Kier molecular flexibility index (Phi) is 4.76. The zero-order valence-electron chi connectivity index (χ0n) is 16.7. The molecule has 5 heterocycles. The number of fused-ring (bicyclic) bond motifs is 1. The van der Waals surface area contributed by atoms with Gasteiger partial charge in [0.05, 0.1) is 6.54 Å². The molecular formula is C20H28N6O2. The van der Waals surface area contributed by atoms with Crippen LogP contribution in [0.15, 0.2) is 10.9 Å². The van der Waals surface area contributed by atoms with Crippen LogP contribution in [-0.4, -0.2) is 64.4 Å². The second kappa shape index (κ2) is 7.40. The van der Waals surface area contributed by atoms with E-state index in [0.29, 0.717) is 17.8 Å². The third kappa shape index (κ3) is 3.39. The van der Waals surface area contributed by atoms with E-state index in [2.05, 4.69) is 43.8 Å². The van der Waals surface area contributed by atoms with Crippen molar-refractivity contribution in [3.63, 3.8) is 0 Å². The lowest BCUT2D eigenvalue weighted by Crippen LogP contribution is -2.30. The number of hydrogen-bond acceptors (Lipinski definition) is 8. The van der Waals surface area contributed by atoms with Crippen LogP contribution in [-0.2, 0) is 11.3 Å². The minimum Gasteiger partial charge on any atom is -0.381 e. The predicted molar refractivity (Wildman–Crippen MR) is 103 cm³/mol. The topological polar surface area (TPSA) is 80.4 Å². The molecule has 0 radical (unpaired) electrons. The van der Waals surface area contributed by atoms with Crippen molar-refractivity contribution in [2.24, 2.45) is 11.8 Å². The van der Waals surface area contributed by atoms with E-state index >= 15 is 0 Å². The number of nitrogens with zero attached hydrogens (tertiary/aromatic N) is 6. The van der Waals surface area contributed by atoms with Gasteiger partial charge in [-0.25, -0.2) is 9.97 Å². The summed E-state index contributed by atoms with van der Waals surface area (Å²) in [4.78, 5) is 18.4. The summed E-state index contributed by atoms with van der Waals surface area (Å²) in [6.45, 7) is 10.9. The molecule has 0 bridgehead atoms. The quantitative estimate of drug-likeness (QED) is 0.791. The number of rotatable bonds is 4. The third-order valence-corrected chi connectivity index (χ3v) is 6.59. The second-order valence-electron chi connectivity index (χ2n) is 8.46. The Hall–Kier alpha value is -2.06. The van der Waals surface area contributed by atoms with Crippen molar-refractivity contribution >= 4 is 5.82 Å². The van der Waals surface area contributed by atoms with Crippen molar-refractivity contribution in [3.8, 4) is 0 Å². The SMILES string of the molecule is Cc1ncnc(N2CC3CN(Cc4noc(C5CCOCC5)n4)CC3C2)c1C. The van der Waals surface area contributed by atoms with Crippen molar-refractivity contribution in [3.05, 3.63) is 29.3 Å². The molecule has 5 rings (SSSR count). The molecule has 8 heteroatoms. The average molecular weight is 384 g/mol. The van der Waals surface area contributed by atoms with E-state index in [1.54, 1.807) is 6.33 Å². The molecule has 150 valence electrons. The molecule has 28 heavy (non-hydrogen) atoms. The minimum atomic E-state index is 0.362. The molecule has 8 nitrogen and oxygen atoms in total. The molecule has 2 aromatic heterocycles. The summed E-state index contributed by atoms with van der Waals surface area (Å²) in [5, 5.41) is 4.24. The Morgan fingerprint density at radius 2 is 1.79 bits per heavy atom. The van der Waals surface area contributed by atoms with Gasteiger partial charge in [0.25, 0.3) is 0 Å². The molecule has 0 N–H and O–H groups in total. The molecule has 0 amide bonds. The Balaban J connectivity index is 1.18. The summed E-state index contributed by atoms with van der Waals surface area (Å²) < 4.78 is 11.0. The summed E-state index contributed by atoms with van der Waals surface area (Å²) in [6, 6.07) is 0. The number of hydrogen-bond donors (Lipinski definition) is 0. The van der Waals surface area contributed by atoms with Gasteiger partial charge in [-0.15, -0.1) is 0 Å². The molecule has 3 fully saturated rings. The molecule has 2 unspecified atom stereocenters. The van der Waals surface area contributed by atoms with Crippen molar-refractivity contribution in [1.82, 2.24) is 25.0 Å². The van der Waals surface area contributed by atoms with E-state index < -0.39 is 0 Å². The summed E-state index contributed by atoms with van der Waals surface area (Å²) in [7, 11) is 0. The maximum Gasteiger partial charge on any atom is 0.229 e. The highest BCUT2D eigenvalue weighted by atomic mass is 16.5. The van der Waals surface area contributed by atoms with Crippen LogP contribution in [0.4, 0.5) is 5.82 Å². The van der Waals surface area contributed by atoms with Gasteiger partial charge in [0, 0.05) is 56.6 Å². The standard InChI is InChI=1S/C20H28N6O2/c1-13-14(2)21-12-22-19(13)26-9-16-7-25(8-17(16)10-26)11-18-23-20(28-24-18)15-3-5-27-6-4-15/h12,15-17H,3-11H2,1-2H3. The monoisotopic (exact) mass is 384 g/mol. The maximum absolute atomic E-state index is 5.54. The van der Waals surface area contributed by atoms with Gasteiger partial charge < -0.3 is 14.2 Å². The molecular weight excluding hydrogens is 356 g/mol. The molecule has 0 aliphatic carbocycles. The molecule has 3 aliphatic rings. The lowest BCUT2D eigenvalue weighted by molar-refractivity contribution is 0.0778. The number of likely N-dealkylation sites (tertiary alicyclic amines) is 1. The van der Waals surface area contributed by atoms with Gasteiger partial charge in [-0.1, -0.05) is 5.16 Å². The van der Waals surface area contributed by atoms with E-state index in [1.807, 2.05) is 0 Å². The van der Waals surface area contributed by atoms with Crippen LogP contribution in [0.3, 0.4) is 0 Å². The van der Waals surface area contributed by atoms with Crippen LogP contribution in [0.1, 0.15) is 41.7 Å². The first-order valence-corrected chi connectivity index (χ1v) is 10.3. The fraction of sp³-hybridized carbons (Fsp3) is 0.700. The van der Waals surface area contributed by atoms with Gasteiger partial charge in [0.15, 0.2) is 5.82 Å². The number of anilines is 1. The first-order chi connectivity index (χ1) is 13.7. The molecule has 3 saturated heterocycles. The Morgan fingerprint density at radius 1 is 1.04 bits per heavy atom.